The van der Waals surface area contributed by atoms with Crippen molar-refractivity contribution in [1.29, 1.82) is 0 Å². The molecule has 0 fully saturated rings. The van der Waals surface area contributed by atoms with E-state index >= 15 is 0 Å². The molecule has 20 heavy (non-hydrogen) atoms. The minimum absolute atomic E-state index is 0. The van der Waals surface area contributed by atoms with Crippen molar-refractivity contribution in [3.05, 3.63) is 27.8 Å². The Morgan fingerprint density at radius 3 is 2.15 bits per heavy atom. The molecular formula is C13H21ClN2O4. The molecule has 1 rings (SSSR count). The van der Waals surface area contributed by atoms with Gasteiger partial charge in [-0.2, -0.15) is 0 Å². The Morgan fingerprint density at radius 2 is 1.75 bits per heavy atom. The number of benzene rings is 1. The molecule has 0 unspecified atom stereocenters. The Bertz CT molecular complexity index is 466. The molecule has 0 spiro atoms. The highest BCUT2D eigenvalue weighted by Gasteiger charge is 2.24. The lowest BCUT2D eigenvalue weighted by atomic mass is 9.96. The molecule has 1 aromatic rings. The monoisotopic (exact) mass is 304 g/mol. The first-order chi connectivity index (χ1) is 8.90. The van der Waals surface area contributed by atoms with Crippen LogP contribution in [0.5, 0.6) is 11.5 Å². The molecule has 0 saturated carbocycles. The summed E-state index contributed by atoms with van der Waals surface area (Å²) in [7, 11) is 2.93. The molecule has 0 amide bonds. The predicted molar refractivity (Wildman–Crippen MR) is 79.8 cm³/mol. The van der Waals surface area contributed by atoms with Crippen LogP contribution in [0, 0.1) is 16.0 Å². The third kappa shape index (κ3) is 4.25. The van der Waals surface area contributed by atoms with Gasteiger partial charge < -0.3 is 15.2 Å². The Kier molecular flexibility index (Phi) is 7.31. The number of methoxy groups -OCH3 is 2. The molecule has 0 aliphatic rings. The molecule has 1 aromatic carbocycles. The number of nitro benzene ring substituents is 1. The van der Waals surface area contributed by atoms with Crippen LogP contribution in [0.15, 0.2) is 12.1 Å². The van der Waals surface area contributed by atoms with Gasteiger partial charge in [0.2, 0.25) is 0 Å². The zero-order valence-corrected chi connectivity index (χ0v) is 12.9. The standard InChI is InChI=1S/C13H20N2O4.ClH/c1-8(2)5-10(14)9-6-12(18-3)13(19-4)7-11(9)15(16)17;/h6-8,10H,5,14H2,1-4H3;1H/t10-;/m1./s1. The highest BCUT2D eigenvalue weighted by atomic mass is 35.5. The molecule has 0 radical (unpaired) electrons. The van der Waals surface area contributed by atoms with E-state index in [9.17, 15) is 10.1 Å². The second kappa shape index (κ2) is 7.91. The Labute approximate surface area is 124 Å². The molecule has 0 heterocycles. The summed E-state index contributed by atoms with van der Waals surface area (Å²) in [6.07, 6.45) is 0.663. The van der Waals surface area contributed by atoms with Gasteiger partial charge in [-0.3, -0.25) is 10.1 Å². The quantitative estimate of drug-likeness (QED) is 0.644. The van der Waals surface area contributed by atoms with Crippen LogP contribution in [0.2, 0.25) is 0 Å². The van der Waals surface area contributed by atoms with Gasteiger partial charge >= 0.3 is 0 Å². The van der Waals surface area contributed by atoms with Crippen molar-refractivity contribution < 1.29 is 14.4 Å². The minimum atomic E-state index is -0.447. The number of halogens is 1. The average molecular weight is 305 g/mol. The maximum atomic E-state index is 11.1. The normalized spacial score (nSPS) is 11.7. The minimum Gasteiger partial charge on any atom is -0.493 e. The van der Waals surface area contributed by atoms with Crippen LogP contribution in [-0.2, 0) is 0 Å². The number of hydrogen-bond donors (Lipinski definition) is 1. The van der Waals surface area contributed by atoms with Crippen molar-refractivity contribution in [2.24, 2.45) is 11.7 Å². The Balaban J connectivity index is 0.00000361. The lowest BCUT2D eigenvalue weighted by Gasteiger charge is -2.17. The third-order valence-corrected chi connectivity index (χ3v) is 2.85. The summed E-state index contributed by atoms with van der Waals surface area (Å²) in [5.74, 6) is 1.12. The smallest absolute Gasteiger partial charge is 0.278 e. The number of nitro groups is 1. The highest BCUT2D eigenvalue weighted by Crippen LogP contribution is 2.38. The van der Waals surface area contributed by atoms with Crippen molar-refractivity contribution in [3.63, 3.8) is 0 Å². The molecule has 7 heteroatoms. The van der Waals surface area contributed by atoms with Crippen LogP contribution in [-0.4, -0.2) is 19.1 Å². The fraction of sp³-hybridized carbons (Fsp3) is 0.538. The summed E-state index contributed by atoms with van der Waals surface area (Å²) in [5.41, 5.74) is 6.48. The van der Waals surface area contributed by atoms with Crippen LogP contribution < -0.4 is 15.2 Å². The van der Waals surface area contributed by atoms with Gasteiger partial charge in [-0.25, -0.2) is 0 Å². The highest BCUT2D eigenvalue weighted by molar-refractivity contribution is 5.85. The van der Waals surface area contributed by atoms with Crippen molar-refractivity contribution in [2.75, 3.05) is 14.2 Å². The number of nitrogens with zero attached hydrogens (tertiary/aromatic N) is 1. The van der Waals surface area contributed by atoms with Crippen LogP contribution >= 0.6 is 12.4 Å². The van der Waals surface area contributed by atoms with Crippen molar-refractivity contribution >= 4 is 18.1 Å². The second-order valence-electron chi connectivity index (χ2n) is 4.76. The first kappa shape index (κ1) is 18.5. The summed E-state index contributed by atoms with van der Waals surface area (Å²) in [6, 6.07) is 2.54. The summed E-state index contributed by atoms with van der Waals surface area (Å²) in [5, 5.41) is 11.1. The number of rotatable bonds is 6. The molecule has 0 aliphatic carbocycles. The Hall–Kier alpha value is -1.53. The van der Waals surface area contributed by atoms with Gasteiger partial charge in [0, 0.05) is 6.04 Å². The number of ether oxygens (including phenoxy) is 2. The maximum absolute atomic E-state index is 11.1. The van der Waals surface area contributed by atoms with Crippen LogP contribution in [0.1, 0.15) is 31.9 Å². The van der Waals surface area contributed by atoms with E-state index in [1.165, 1.54) is 20.3 Å². The molecule has 114 valence electrons. The summed E-state index contributed by atoms with van der Waals surface area (Å²) in [4.78, 5) is 10.7. The zero-order chi connectivity index (χ0) is 14.6. The fourth-order valence-corrected chi connectivity index (χ4v) is 1.97. The molecule has 2 N–H and O–H groups in total. The van der Waals surface area contributed by atoms with Gasteiger partial charge in [0.1, 0.15) is 0 Å². The van der Waals surface area contributed by atoms with E-state index in [4.69, 9.17) is 15.2 Å². The van der Waals surface area contributed by atoms with Crippen molar-refractivity contribution in [1.82, 2.24) is 0 Å². The molecule has 1 atom stereocenters. The first-order valence-corrected chi connectivity index (χ1v) is 6.06. The summed E-state index contributed by atoms with van der Waals surface area (Å²) >= 11 is 0. The van der Waals surface area contributed by atoms with E-state index in [1.54, 1.807) is 6.07 Å². The largest absolute Gasteiger partial charge is 0.493 e. The lowest BCUT2D eigenvalue weighted by molar-refractivity contribution is -0.385. The number of hydrogen-bond acceptors (Lipinski definition) is 5. The first-order valence-electron chi connectivity index (χ1n) is 6.06. The molecule has 0 aliphatic heterocycles. The molecular weight excluding hydrogens is 284 g/mol. The zero-order valence-electron chi connectivity index (χ0n) is 12.1. The van der Waals surface area contributed by atoms with E-state index in [0.717, 1.165) is 0 Å². The Morgan fingerprint density at radius 1 is 1.25 bits per heavy atom. The topological polar surface area (TPSA) is 87.6 Å². The van der Waals surface area contributed by atoms with E-state index in [1.807, 2.05) is 13.8 Å². The van der Waals surface area contributed by atoms with Gasteiger partial charge in [-0.1, -0.05) is 13.8 Å². The molecule has 6 nitrogen and oxygen atoms in total. The molecule has 0 aromatic heterocycles. The van der Waals surface area contributed by atoms with E-state index in [2.05, 4.69) is 0 Å². The van der Waals surface area contributed by atoms with Crippen molar-refractivity contribution in [2.45, 2.75) is 26.3 Å². The average Bonchev–Trinajstić information content (AvgIpc) is 2.35. The summed E-state index contributed by atoms with van der Waals surface area (Å²) in [6.45, 7) is 4.04. The maximum Gasteiger partial charge on any atom is 0.278 e. The van der Waals surface area contributed by atoms with Crippen LogP contribution in [0.4, 0.5) is 5.69 Å². The van der Waals surface area contributed by atoms with Crippen molar-refractivity contribution in [3.8, 4) is 11.5 Å². The van der Waals surface area contributed by atoms with E-state index in [-0.39, 0.29) is 18.1 Å². The van der Waals surface area contributed by atoms with E-state index in [0.29, 0.717) is 29.4 Å². The summed E-state index contributed by atoms with van der Waals surface area (Å²) < 4.78 is 10.2. The SMILES string of the molecule is COc1cc([C@H](N)CC(C)C)c([N+](=O)[O-])cc1OC.Cl. The van der Waals surface area contributed by atoms with Crippen LogP contribution in [0.3, 0.4) is 0 Å². The number of nitrogens with two attached hydrogens (primary N) is 1. The van der Waals surface area contributed by atoms with Gasteiger partial charge in [-0.05, 0) is 18.4 Å². The van der Waals surface area contributed by atoms with Gasteiger partial charge in [-0.15, -0.1) is 12.4 Å². The van der Waals surface area contributed by atoms with Gasteiger partial charge in [0.05, 0.1) is 30.8 Å². The third-order valence-electron chi connectivity index (χ3n) is 2.85. The lowest BCUT2D eigenvalue weighted by Crippen LogP contribution is -2.15. The predicted octanol–water partition coefficient (Wildman–Crippen LogP) is 3.08. The second-order valence-corrected chi connectivity index (χ2v) is 4.76. The van der Waals surface area contributed by atoms with E-state index < -0.39 is 11.0 Å². The molecule has 0 saturated heterocycles. The fourth-order valence-electron chi connectivity index (χ4n) is 1.97. The molecule has 0 bridgehead atoms. The van der Waals surface area contributed by atoms with Gasteiger partial charge in [0.25, 0.3) is 5.69 Å². The van der Waals surface area contributed by atoms with Crippen LogP contribution in [0.25, 0.3) is 0 Å². The van der Waals surface area contributed by atoms with Gasteiger partial charge in [0.15, 0.2) is 11.5 Å².